The highest BCUT2D eigenvalue weighted by Gasteiger charge is 2.03. The van der Waals surface area contributed by atoms with Crippen molar-refractivity contribution in [2.75, 3.05) is 0 Å². The van der Waals surface area contributed by atoms with E-state index >= 15 is 0 Å². The number of aliphatic hydroxyl groups is 1. The molecule has 16 heavy (non-hydrogen) atoms. The fourth-order valence-electron chi connectivity index (χ4n) is 1.26. The first-order valence-electron chi connectivity index (χ1n) is 4.77. The van der Waals surface area contributed by atoms with Gasteiger partial charge in [-0.3, -0.25) is 4.98 Å². The van der Waals surface area contributed by atoms with E-state index in [0.717, 1.165) is 15.4 Å². The summed E-state index contributed by atoms with van der Waals surface area (Å²) >= 11 is 7.69. The fraction of sp³-hybridized carbons (Fsp3) is 0.0833. The third kappa shape index (κ3) is 2.76. The number of halogens is 1. The van der Waals surface area contributed by atoms with Gasteiger partial charge in [0.15, 0.2) is 0 Å². The van der Waals surface area contributed by atoms with E-state index in [-0.39, 0.29) is 6.61 Å². The maximum Gasteiger partial charge on any atom is 0.0682 e. The topological polar surface area (TPSA) is 33.1 Å². The lowest BCUT2D eigenvalue weighted by atomic mass is 10.2. The Morgan fingerprint density at radius 3 is 2.56 bits per heavy atom. The van der Waals surface area contributed by atoms with Crippen LogP contribution in [0.2, 0.25) is 5.02 Å². The maximum atomic E-state index is 8.97. The molecule has 1 N–H and O–H groups in total. The van der Waals surface area contributed by atoms with E-state index in [0.29, 0.717) is 5.02 Å². The summed E-state index contributed by atoms with van der Waals surface area (Å²) in [4.78, 5) is 6.03. The van der Waals surface area contributed by atoms with Crippen LogP contribution < -0.4 is 0 Å². The van der Waals surface area contributed by atoms with Crippen molar-refractivity contribution in [3.8, 4) is 0 Å². The van der Waals surface area contributed by atoms with Crippen LogP contribution in [0.25, 0.3) is 0 Å². The lowest BCUT2D eigenvalue weighted by molar-refractivity contribution is 0.282. The zero-order valence-electron chi connectivity index (χ0n) is 8.43. The van der Waals surface area contributed by atoms with Crippen LogP contribution in [0.5, 0.6) is 0 Å². The van der Waals surface area contributed by atoms with Crippen LogP contribution in [0.15, 0.2) is 52.5 Å². The molecule has 82 valence electrons. The van der Waals surface area contributed by atoms with Gasteiger partial charge in [0, 0.05) is 22.2 Å². The Morgan fingerprint density at radius 1 is 1.19 bits per heavy atom. The summed E-state index contributed by atoms with van der Waals surface area (Å²) in [5.74, 6) is 0. The van der Waals surface area contributed by atoms with E-state index in [9.17, 15) is 0 Å². The van der Waals surface area contributed by atoms with Crippen molar-refractivity contribution in [3.05, 3.63) is 53.3 Å². The summed E-state index contributed by atoms with van der Waals surface area (Å²) in [5.41, 5.74) is 0.823. The van der Waals surface area contributed by atoms with E-state index < -0.39 is 0 Å². The molecular formula is C12H10ClNOS. The van der Waals surface area contributed by atoms with Crippen LogP contribution in [-0.2, 0) is 6.61 Å². The zero-order valence-corrected chi connectivity index (χ0v) is 10.0. The van der Waals surface area contributed by atoms with Gasteiger partial charge < -0.3 is 5.11 Å². The van der Waals surface area contributed by atoms with Crippen molar-refractivity contribution in [3.63, 3.8) is 0 Å². The molecule has 0 aliphatic rings. The Morgan fingerprint density at radius 2 is 1.94 bits per heavy atom. The minimum atomic E-state index is 0.0138. The Balaban J connectivity index is 2.22. The molecule has 0 bridgehead atoms. The Hall–Kier alpha value is -1.03. The molecule has 0 unspecified atom stereocenters. The highest BCUT2D eigenvalue weighted by atomic mass is 35.5. The van der Waals surface area contributed by atoms with Gasteiger partial charge in [-0.05, 0) is 29.8 Å². The van der Waals surface area contributed by atoms with E-state index in [4.69, 9.17) is 16.7 Å². The van der Waals surface area contributed by atoms with E-state index in [1.807, 2.05) is 24.3 Å². The molecule has 1 aromatic heterocycles. The first kappa shape index (κ1) is 11.5. The van der Waals surface area contributed by atoms with Crippen molar-refractivity contribution in [2.24, 2.45) is 0 Å². The third-order valence-corrected chi connectivity index (χ3v) is 3.56. The van der Waals surface area contributed by atoms with Gasteiger partial charge in [-0.25, -0.2) is 0 Å². The second-order valence-corrected chi connectivity index (χ2v) is 4.73. The van der Waals surface area contributed by atoms with Gasteiger partial charge in [-0.1, -0.05) is 29.4 Å². The van der Waals surface area contributed by atoms with Gasteiger partial charge in [-0.15, -0.1) is 0 Å². The lowest BCUT2D eigenvalue weighted by Gasteiger charge is -2.05. The van der Waals surface area contributed by atoms with E-state index in [1.165, 1.54) is 0 Å². The molecule has 2 nitrogen and oxygen atoms in total. The molecule has 0 fully saturated rings. The molecule has 0 spiro atoms. The molecule has 0 saturated heterocycles. The first-order chi connectivity index (χ1) is 7.79. The number of pyridine rings is 1. The predicted molar refractivity (Wildman–Crippen MR) is 65.7 cm³/mol. The molecule has 0 aliphatic heterocycles. The van der Waals surface area contributed by atoms with Crippen molar-refractivity contribution < 1.29 is 5.11 Å². The molecule has 1 heterocycles. The summed E-state index contributed by atoms with van der Waals surface area (Å²) in [5, 5.41) is 9.63. The van der Waals surface area contributed by atoms with Gasteiger partial charge in [0.25, 0.3) is 0 Å². The summed E-state index contributed by atoms with van der Waals surface area (Å²) < 4.78 is 0. The van der Waals surface area contributed by atoms with Gasteiger partial charge in [0.2, 0.25) is 0 Å². The van der Waals surface area contributed by atoms with E-state index in [1.54, 1.807) is 30.2 Å². The molecule has 0 atom stereocenters. The fourth-order valence-corrected chi connectivity index (χ4v) is 2.38. The van der Waals surface area contributed by atoms with Crippen LogP contribution in [0.3, 0.4) is 0 Å². The quantitative estimate of drug-likeness (QED) is 0.908. The third-order valence-electron chi connectivity index (χ3n) is 2.06. The summed E-state index contributed by atoms with van der Waals surface area (Å²) in [6, 6.07) is 9.43. The van der Waals surface area contributed by atoms with Crippen LogP contribution in [0.1, 0.15) is 5.56 Å². The predicted octanol–water partition coefficient (Wildman–Crippen LogP) is 3.38. The Kier molecular flexibility index (Phi) is 3.83. The molecule has 2 rings (SSSR count). The average molecular weight is 252 g/mol. The number of nitrogens with zero attached hydrogens (tertiary/aromatic N) is 1. The molecule has 4 heteroatoms. The monoisotopic (exact) mass is 251 g/mol. The van der Waals surface area contributed by atoms with Crippen molar-refractivity contribution >= 4 is 23.4 Å². The molecule has 0 aliphatic carbocycles. The van der Waals surface area contributed by atoms with Crippen LogP contribution >= 0.6 is 23.4 Å². The Bertz CT molecular complexity index is 476. The number of aromatic nitrogens is 1. The second kappa shape index (κ2) is 5.34. The van der Waals surface area contributed by atoms with Crippen molar-refractivity contribution in [1.29, 1.82) is 0 Å². The Labute approximate surface area is 103 Å². The number of aliphatic hydroxyl groups excluding tert-OH is 1. The van der Waals surface area contributed by atoms with Crippen molar-refractivity contribution in [2.45, 2.75) is 16.4 Å². The zero-order chi connectivity index (χ0) is 11.4. The second-order valence-electron chi connectivity index (χ2n) is 3.21. The largest absolute Gasteiger partial charge is 0.392 e. The van der Waals surface area contributed by atoms with Gasteiger partial charge in [0.05, 0.1) is 11.6 Å². The summed E-state index contributed by atoms with van der Waals surface area (Å²) in [6.45, 7) is 0.0138. The number of benzene rings is 1. The van der Waals surface area contributed by atoms with Gasteiger partial charge >= 0.3 is 0 Å². The van der Waals surface area contributed by atoms with Gasteiger partial charge in [0.1, 0.15) is 0 Å². The summed E-state index contributed by atoms with van der Waals surface area (Å²) in [7, 11) is 0. The van der Waals surface area contributed by atoms with Crippen LogP contribution in [0.4, 0.5) is 0 Å². The number of rotatable bonds is 3. The van der Waals surface area contributed by atoms with Crippen LogP contribution in [0, 0.1) is 0 Å². The molecule has 0 radical (unpaired) electrons. The molecule has 0 saturated carbocycles. The summed E-state index contributed by atoms with van der Waals surface area (Å²) in [6.07, 6.45) is 3.50. The molecule has 2 aromatic rings. The SMILES string of the molecule is OCc1ccc(Sc2ccncc2)c(Cl)c1. The first-order valence-corrected chi connectivity index (χ1v) is 5.96. The highest BCUT2D eigenvalue weighted by Crippen LogP contribution is 2.33. The van der Waals surface area contributed by atoms with E-state index in [2.05, 4.69) is 4.98 Å². The minimum Gasteiger partial charge on any atom is -0.392 e. The lowest BCUT2D eigenvalue weighted by Crippen LogP contribution is -1.84. The molecule has 0 amide bonds. The minimum absolute atomic E-state index is 0.0138. The standard InChI is InChI=1S/C12H10ClNOS/c13-11-7-9(8-15)1-2-12(11)16-10-3-5-14-6-4-10/h1-7,15H,8H2. The van der Waals surface area contributed by atoms with Crippen molar-refractivity contribution in [1.82, 2.24) is 4.98 Å². The number of hydrogen-bond acceptors (Lipinski definition) is 3. The maximum absolute atomic E-state index is 8.97. The smallest absolute Gasteiger partial charge is 0.0682 e. The molecular weight excluding hydrogens is 242 g/mol. The molecule has 1 aromatic carbocycles. The normalized spacial score (nSPS) is 10.4. The highest BCUT2D eigenvalue weighted by molar-refractivity contribution is 7.99. The van der Waals surface area contributed by atoms with Crippen LogP contribution in [-0.4, -0.2) is 10.1 Å². The number of hydrogen-bond donors (Lipinski definition) is 1. The van der Waals surface area contributed by atoms with Gasteiger partial charge in [-0.2, -0.15) is 0 Å². The average Bonchev–Trinajstić information content (AvgIpc) is 2.33.